The molecule has 3 aromatic carbocycles. The van der Waals surface area contributed by atoms with E-state index in [4.69, 9.17) is 4.74 Å². The molecule has 1 aliphatic rings. The molecular formula is C32H38FN3O5S. The molecule has 1 N–H and O–H groups in total. The maximum absolute atomic E-state index is 14.2. The SMILES string of the molecule is CC[C@H](C(=O)NC1CCCC1)N(Cc1cccc(OC)c1)C(=O)CN(c1ccc(C)cc1)S(=O)(=O)c1ccc(F)cc1. The van der Waals surface area contributed by atoms with E-state index < -0.39 is 34.3 Å². The highest BCUT2D eigenvalue weighted by Gasteiger charge is 2.34. The Hall–Kier alpha value is -3.92. The fourth-order valence-electron chi connectivity index (χ4n) is 5.23. The molecule has 0 aliphatic heterocycles. The highest BCUT2D eigenvalue weighted by molar-refractivity contribution is 7.92. The quantitative estimate of drug-likeness (QED) is 0.310. The van der Waals surface area contributed by atoms with Gasteiger partial charge in [0.15, 0.2) is 0 Å². The van der Waals surface area contributed by atoms with Crippen molar-refractivity contribution in [3.63, 3.8) is 0 Å². The fourth-order valence-corrected chi connectivity index (χ4v) is 6.64. The maximum atomic E-state index is 14.2. The molecule has 1 saturated carbocycles. The van der Waals surface area contributed by atoms with E-state index in [-0.39, 0.29) is 29.1 Å². The summed E-state index contributed by atoms with van der Waals surface area (Å²) in [7, 11) is -2.72. The lowest BCUT2D eigenvalue weighted by molar-refractivity contribution is -0.140. The largest absolute Gasteiger partial charge is 0.497 e. The Morgan fingerprint density at radius 1 is 1.02 bits per heavy atom. The monoisotopic (exact) mass is 595 g/mol. The average molecular weight is 596 g/mol. The molecule has 0 radical (unpaired) electrons. The average Bonchev–Trinajstić information content (AvgIpc) is 3.49. The third kappa shape index (κ3) is 7.47. The van der Waals surface area contributed by atoms with Crippen LogP contribution in [0.4, 0.5) is 10.1 Å². The lowest BCUT2D eigenvalue weighted by Crippen LogP contribution is -2.53. The van der Waals surface area contributed by atoms with Gasteiger partial charge in [-0.25, -0.2) is 12.8 Å². The second-order valence-corrected chi connectivity index (χ2v) is 12.5. The lowest BCUT2D eigenvalue weighted by Gasteiger charge is -2.34. The number of hydrogen-bond acceptors (Lipinski definition) is 5. The summed E-state index contributed by atoms with van der Waals surface area (Å²) < 4.78 is 47.8. The Bertz CT molecular complexity index is 1470. The number of methoxy groups -OCH3 is 1. The number of nitrogens with zero attached hydrogens (tertiary/aromatic N) is 2. The molecule has 0 aromatic heterocycles. The number of halogens is 1. The van der Waals surface area contributed by atoms with Crippen molar-refractivity contribution in [3.05, 3.63) is 89.7 Å². The molecule has 4 rings (SSSR count). The Labute approximate surface area is 247 Å². The highest BCUT2D eigenvalue weighted by Crippen LogP contribution is 2.26. The summed E-state index contributed by atoms with van der Waals surface area (Å²) in [5.41, 5.74) is 1.93. The van der Waals surface area contributed by atoms with Crippen molar-refractivity contribution in [2.24, 2.45) is 0 Å². The van der Waals surface area contributed by atoms with Crippen molar-refractivity contribution < 1.29 is 27.1 Å². The molecule has 10 heteroatoms. The van der Waals surface area contributed by atoms with Gasteiger partial charge in [0, 0.05) is 12.6 Å². The topological polar surface area (TPSA) is 96.0 Å². The molecule has 42 heavy (non-hydrogen) atoms. The van der Waals surface area contributed by atoms with E-state index in [9.17, 15) is 22.4 Å². The lowest BCUT2D eigenvalue weighted by atomic mass is 10.1. The predicted molar refractivity (Wildman–Crippen MR) is 160 cm³/mol. The first kappa shape index (κ1) is 31.0. The molecule has 3 aromatic rings. The normalized spacial score (nSPS) is 14.3. The third-order valence-corrected chi connectivity index (χ3v) is 9.37. The Kier molecular flexibility index (Phi) is 10.2. The third-order valence-electron chi connectivity index (χ3n) is 7.58. The van der Waals surface area contributed by atoms with E-state index in [0.717, 1.165) is 53.2 Å². The molecule has 1 aliphatic carbocycles. The first-order valence-corrected chi connectivity index (χ1v) is 15.6. The first-order chi connectivity index (χ1) is 20.1. The molecule has 1 atom stereocenters. The van der Waals surface area contributed by atoms with Crippen molar-refractivity contribution in [1.82, 2.24) is 10.2 Å². The summed E-state index contributed by atoms with van der Waals surface area (Å²) in [5, 5.41) is 3.10. The molecule has 224 valence electrons. The smallest absolute Gasteiger partial charge is 0.264 e. The van der Waals surface area contributed by atoms with Gasteiger partial charge in [0.05, 0.1) is 17.7 Å². The molecule has 0 saturated heterocycles. The van der Waals surface area contributed by atoms with Gasteiger partial charge in [-0.05, 0) is 80.3 Å². The van der Waals surface area contributed by atoms with Crippen LogP contribution in [0.5, 0.6) is 5.75 Å². The minimum atomic E-state index is -4.27. The number of sulfonamides is 1. The van der Waals surface area contributed by atoms with Crippen LogP contribution >= 0.6 is 0 Å². The van der Waals surface area contributed by atoms with Gasteiger partial charge in [-0.15, -0.1) is 0 Å². The second kappa shape index (κ2) is 13.8. The Morgan fingerprint density at radius 3 is 2.31 bits per heavy atom. The first-order valence-electron chi connectivity index (χ1n) is 14.2. The molecule has 1 fully saturated rings. The van der Waals surface area contributed by atoms with Crippen LogP contribution in [0.2, 0.25) is 0 Å². The molecule has 0 spiro atoms. The van der Waals surface area contributed by atoms with E-state index in [1.54, 1.807) is 49.6 Å². The van der Waals surface area contributed by atoms with Gasteiger partial charge in [-0.3, -0.25) is 13.9 Å². The summed E-state index contributed by atoms with van der Waals surface area (Å²) in [6, 6.07) is 17.7. The number of carbonyl (C=O) groups is 2. The number of hydrogen-bond donors (Lipinski definition) is 1. The fraction of sp³-hybridized carbons (Fsp3) is 0.375. The molecule has 8 nitrogen and oxygen atoms in total. The van der Waals surface area contributed by atoms with Gasteiger partial charge in [0.2, 0.25) is 11.8 Å². The van der Waals surface area contributed by atoms with Gasteiger partial charge < -0.3 is 15.0 Å². The number of rotatable bonds is 12. The van der Waals surface area contributed by atoms with E-state index in [2.05, 4.69) is 5.32 Å². The Morgan fingerprint density at radius 2 is 1.69 bits per heavy atom. The summed E-state index contributed by atoms with van der Waals surface area (Å²) in [5.74, 6) is -0.777. The van der Waals surface area contributed by atoms with Crippen LogP contribution in [0.15, 0.2) is 77.7 Å². The standard InChI is InChI=1S/C32H38FN3O5S/c1-4-30(32(38)34-26-9-5-6-10-26)35(21-24-8-7-11-28(20-24)41-3)31(37)22-36(27-16-12-23(2)13-17-27)42(39,40)29-18-14-25(33)15-19-29/h7-8,11-20,26,30H,4-6,9-10,21-22H2,1-3H3,(H,34,38)/t30-/m1/s1. The van der Waals surface area contributed by atoms with Crippen LogP contribution in [0.3, 0.4) is 0 Å². The van der Waals surface area contributed by atoms with E-state index in [0.29, 0.717) is 12.2 Å². The van der Waals surface area contributed by atoms with Crippen molar-refractivity contribution in [3.8, 4) is 5.75 Å². The molecule has 2 amide bonds. The highest BCUT2D eigenvalue weighted by atomic mass is 32.2. The van der Waals surface area contributed by atoms with Crippen molar-refractivity contribution in [1.29, 1.82) is 0 Å². The number of carbonyl (C=O) groups excluding carboxylic acids is 2. The van der Waals surface area contributed by atoms with E-state index in [1.807, 2.05) is 19.9 Å². The number of amides is 2. The zero-order valence-corrected chi connectivity index (χ0v) is 25.1. The van der Waals surface area contributed by atoms with Gasteiger partial charge in [0.1, 0.15) is 24.2 Å². The van der Waals surface area contributed by atoms with E-state index in [1.165, 1.54) is 17.0 Å². The minimum Gasteiger partial charge on any atom is -0.497 e. The van der Waals surface area contributed by atoms with Gasteiger partial charge in [-0.2, -0.15) is 0 Å². The van der Waals surface area contributed by atoms with Gasteiger partial charge in [-0.1, -0.05) is 49.6 Å². The van der Waals surface area contributed by atoms with Gasteiger partial charge >= 0.3 is 0 Å². The van der Waals surface area contributed by atoms with Crippen LogP contribution in [0.25, 0.3) is 0 Å². The second-order valence-electron chi connectivity index (χ2n) is 10.6. The summed E-state index contributed by atoms with van der Waals surface area (Å²) in [6.07, 6.45) is 4.21. The molecule has 0 bridgehead atoms. The molecular weight excluding hydrogens is 557 g/mol. The van der Waals surface area contributed by atoms with Crippen LogP contribution in [-0.4, -0.2) is 50.9 Å². The summed E-state index contributed by atoms with van der Waals surface area (Å²) in [6.45, 7) is 3.22. The van der Waals surface area contributed by atoms with Crippen LogP contribution in [0.1, 0.15) is 50.2 Å². The Balaban J connectivity index is 1.71. The zero-order chi connectivity index (χ0) is 30.3. The van der Waals surface area contributed by atoms with Crippen molar-refractivity contribution in [2.75, 3.05) is 18.0 Å². The van der Waals surface area contributed by atoms with Crippen molar-refractivity contribution in [2.45, 2.75) is 69.5 Å². The summed E-state index contributed by atoms with van der Waals surface area (Å²) in [4.78, 5) is 29.0. The minimum absolute atomic E-state index is 0.0585. The van der Waals surface area contributed by atoms with E-state index >= 15 is 0 Å². The maximum Gasteiger partial charge on any atom is 0.264 e. The van der Waals surface area contributed by atoms with Crippen molar-refractivity contribution >= 4 is 27.5 Å². The van der Waals surface area contributed by atoms with Crippen LogP contribution < -0.4 is 14.4 Å². The van der Waals surface area contributed by atoms with Crippen LogP contribution in [-0.2, 0) is 26.2 Å². The zero-order valence-electron chi connectivity index (χ0n) is 24.3. The molecule has 0 heterocycles. The molecule has 0 unspecified atom stereocenters. The predicted octanol–water partition coefficient (Wildman–Crippen LogP) is 5.20. The number of ether oxygens (including phenoxy) is 1. The van der Waals surface area contributed by atoms with Gasteiger partial charge in [0.25, 0.3) is 10.0 Å². The van der Waals surface area contributed by atoms with Crippen LogP contribution in [0, 0.1) is 12.7 Å². The number of nitrogens with one attached hydrogen (secondary N) is 1. The number of aryl methyl sites for hydroxylation is 1. The number of anilines is 1. The number of benzene rings is 3. The summed E-state index contributed by atoms with van der Waals surface area (Å²) >= 11 is 0.